The third-order valence-corrected chi connectivity index (χ3v) is 4.67. The van der Waals surface area contributed by atoms with Gasteiger partial charge in [0, 0.05) is 22.7 Å². The van der Waals surface area contributed by atoms with Gasteiger partial charge in [0.25, 0.3) is 5.91 Å². The summed E-state index contributed by atoms with van der Waals surface area (Å²) in [4.78, 5) is 34.1. The smallest absolute Gasteiger partial charge is 0.310 e. The van der Waals surface area contributed by atoms with Crippen LogP contribution >= 0.6 is 0 Å². The maximum atomic E-state index is 13.4. The second-order valence-corrected chi connectivity index (χ2v) is 6.73. The van der Waals surface area contributed by atoms with Gasteiger partial charge in [-0.15, -0.1) is 0 Å². The van der Waals surface area contributed by atoms with Crippen LogP contribution < -0.4 is 5.32 Å². The molecule has 1 heterocycles. The van der Waals surface area contributed by atoms with Crippen molar-refractivity contribution in [2.75, 3.05) is 11.9 Å². The van der Waals surface area contributed by atoms with Crippen LogP contribution in [0.5, 0.6) is 0 Å². The summed E-state index contributed by atoms with van der Waals surface area (Å²) in [5, 5.41) is 15.8. The number of hydrogen-bond donors (Lipinski definition) is 1. The quantitative estimate of drug-likeness (QED) is 0.281. The van der Waals surface area contributed by atoms with E-state index in [0.717, 1.165) is 28.3 Å². The average molecular weight is 422 g/mol. The van der Waals surface area contributed by atoms with E-state index in [1.807, 2.05) is 36.4 Å². The van der Waals surface area contributed by atoms with Crippen LogP contribution in [0.1, 0.15) is 5.56 Å². The number of furan rings is 1. The first kappa shape index (κ1) is 20.0. The minimum absolute atomic E-state index is 0.0152. The van der Waals surface area contributed by atoms with Crippen molar-refractivity contribution in [3.8, 4) is 0 Å². The largest absolute Gasteiger partial charge is 0.464 e. The molecule has 9 heteroatoms. The first-order valence-corrected chi connectivity index (χ1v) is 9.19. The average Bonchev–Trinajstić information content (AvgIpc) is 3.16. The van der Waals surface area contributed by atoms with Crippen LogP contribution in [0, 0.1) is 15.9 Å². The highest BCUT2D eigenvalue weighted by molar-refractivity contribution is 6.08. The lowest BCUT2D eigenvalue weighted by molar-refractivity contribution is -0.387. The van der Waals surface area contributed by atoms with E-state index in [1.165, 1.54) is 12.3 Å². The summed E-state index contributed by atoms with van der Waals surface area (Å²) >= 11 is 0. The molecule has 0 aliphatic rings. The van der Waals surface area contributed by atoms with E-state index in [4.69, 9.17) is 9.15 Å². The summed E-state index contributed by atoms with van der Waals surface area (Å²) in [6.45, 7) is -0.597. The van der Waals surface area contributed by atoms with Gasteiger partial charge in [0.2, 0.25) is 5.82 Å². The van der Waals surface area contributed by atoms with Gasteiger partial charge in [-0.25, -0.2) is 0 Å². The zero-order chi connectivity index (χ0) is 22.0. The third kappa shape index (κ3) is 4.20. The van der Waals surface area contributed by atoms with Crippen LogP contribution in [-0.4, -0.2) is 23.4 Å². The number of anilines is 1. The van der Waals surface area contributed by atoms with Gasteiger partial charge in [-0.1, -0.05) is 30.3 Å². The first-order valence-electron chi connectivity index (χ1n) is 9.19. The lowest BCUT2D eigenvalue weighted by atomic mass is 10.0. The van der Waals surface area contributed by atoms with Crippen LogP contribution in [0.25, 0.3) is 21.7 Å². The molecule has 1 aromatic heterocycles. The Bertz CT molecular complexity index is 1330. The lowest BCUT2D eigenvalue weighted by Gasteiger charge is -2.07. The molecule has 1 N–H and O–H groups in total. The Hall–Kier alpha value is -4.27. The van der Waals surface area contributed by atoms with Crippen molar-refractivity contribution in [3.05, 3.63) is 82.4 Å². The summed E-state index contributed by atoms with van der Waals surface area (Å²) < 4.78 is 23.9. The molecule has 0 aliphatic carbocycles. The molecule has 1 amide bonds. The monoisotopic (exact) mass is 422 g/mol. The number of amides is 1. The minimum atomic E-state index is -1.02. The van der Waals surface area contributed by atoms with Crippen LogP contribution in [0.4, 0.5) is 15.8 Å². The molecule has 0 bridgehead atoms. The van der Waals surface area contributed by atoms with Crippen LogP contribution in [0.3, 0.4) is 0 Å². The van der Waals surface area contributed by atoms with E-state index in [-0.39, 0.29) is 12.1 Å². The number of nitro benzene ring substituents is 1. The van der Waals surface area contributed by atoms with Crippen molar-refractivity contribution in [3.63, 3.8) is 0 Å². The Balaban J connectivity index is 1.41. The molecule has 0 spiro atoms. The molecular formula is C22H15FN2O6. The fraction of sp³-hybridized carbons (Fsp3) is 0.0909. The molecule has 8 nitrogen and oxygen atoms in total. The molecule has 4 aromatic rings. The summed E-state index contributed by atoms with van der Waals surface area (Å²) in [6, 6.07) is 14.4. The van der Waals surface area contributed by atoms with Gasteiger partial charge in [-0.05, 0) is 29.0 Å². The van der Waals surface area contributed by atoms with E-state index >= 15 is 0 Å². The van der Waals surface area contributed by atoms with Gasteiger partial charge in [-0.3, -0.25) is 19.7 Å². The number of ether oxygens (including phenoxy) is 1. The zero-order valence-electron chi connectivity index (χ0n) is 16.0. The number of hydrogen-bond acceptors (Lipinski definition) is 6. The SMILES string of the molecule is O=C(COC(=O)Cc1coc2ccc3ccccc3c12)Nc1ccc(F)c([N+](=O)[O-])c1. The van der Waals surface area contributed by atoms with Gasteiger partial charge in [0.05, 0.1) is 17.6 Å². The molecule has 4 rings (SSSR count). The number of nitrogens with zero attached hydrogens (tertiary/aromatic N) is 1. The summed E-state index contributed by atoms with van der Waals surface area (Å²) in [5.41, 5.74) is 0.513. The number of fused-ring (bicyclic) bond motifs is 3. The number of halogens is 1. The van der Waals surface area contributed by atoms with E-state index < -0.39 is 34.9 Å². The Kier molecular flexibility index (Phi) is 5.31. The molecule has 0 unspecified atom stereocenters. The molecule has 31 heavy (non-hydrogen) atoms. The van der Waals surface area contributed by atoms with Gasteiger partial charge in [-0.2, -0.15) is 4.39 Å². The van der Waals surface area contributed by atoms with Crippen LogP contribution in [-0.2, 0) is 20.7 Å². The highest BCUT2D eigenvalue weighted by Crippen LogP contribution is 2.30. The van der Waals surface area contributed by atoms with Crippen molar-refractivity contribution in [1.82, 2.24) is 0 Å². The number of rotatable bonds is 6. The molecule has 0 saturated carbocycles. The highest BCUT2D eigenvalue weighted by Gasteiger charge is 2.17. The molecule has 0 aliphatic heterocycles. The zero-order valence-corrected chi connectivity index (χ0v) is 16.0. The molecule has 0 saturated heterocycles. The molecule has 3 aromatic carbocycles. The van der Waals surface area contributed by atoms with Crippen LogP contribution in [0.15, 0.2) is 65.3 Å². The fourth-order valence-electron chi connectivity index (χ4n) is 3.28. The second-order valence-electron chi connectivity index (χ2n) is 6.73. The maximum absolute atomic E-state index is 13.4. The Morgan fingerprint density at radius 3 is 2.74 bits per heavy atom. The van der Waals surface area contributed by atoms with Crippen LogP contribution in [0.2, 0.25) is 0 Å². The summed E-state index contributed by atoms with van der Waals surface area (Å²) in [5.74, 6) is -2.37. The number of carbonyl (C=O) groups excluding carboxylic acids is 2. The van der Waals surface area contributed by atoms with Gasteiger partial charge < -0.3 is 14.5 Å². The van der Waals surface area contributed by atoms with Crippen molar-refractivity contribution < 1.29 is 28.1 Å². The normalized spacial score (nSPS) is 10.9. The van der Waals surface area contributed by atoms with Crippen molar-refractivity contribution >= 4 is 45.0 Å². The standard InChI is InChI=1S/C22H15FN2O6/c23-17-7-6-15(10-18(17)25(28)29)24-20(26)12-31-21(27)9-14-11-30-19-8-5-13-3-1-2-4-16(13)22(14)19/h1-8,10-11H,9,12H2,(H,24,26). The predicted molar refractivity (Wildman–Crippen MR) is 110 cm³/mol. The van der Waals surface area contributed by atoms with Crippen molar-refractivity contribution in [2.45, 2.75) is 6.42 Å². The lowest BCUT2D eigenvalue weighted by Crippen LogP contribution is -2.21. The van der Waals surface area contributed by atoms with Gasteiger partial charge in [0.1, 0.15) is 5.58 Å². The number of nitrogens with one attached hydrogen (secondary N) is 1. The Labute approximate surface area is 174 Å². The predicted octanol–water partition coefficient (Wildman–Crippen LogP) is 4.36. The minimum Gasteiger partial charge on any atom is -0.464 e. The van der Waals surface area contributed by atoms with Crippen molar-refractivity contribution in [1.29, 1.82) is 0 Å². The summed E-state index contributed by atoms with van der Waals surface area (Å²) in [6.07, 6.45) is 1.38. The molecule has 156 valence electrons. The number of esters is 1. The molecule has 0 fully saturated rings. The van der Waals surface area contributed by atoms with E-state index in [0.29, 0.717) is 11.1 Å². The van der Waals surface area contributed by atoms with Crippen molar-refractivity contribution in [2.24, 2.45) is 0 Å². The van der Waals surface area contributed by atoms with E-state index in [2.05, 4.69) is 5.32 Å². The van der Waals surface area contributed by atoms with E-state index in [9.17, 15) is 24.1 Å². The topological polar surface area (TPSA) is 112 Å². The molecular weight excluding hydrogens is 407 g/mol. The summed E-state index contributed by atoms with van der Waals surface area (Å²) in [7, 11) is 0. The van der Waals surface area contributed by atoms with Gasteiger partial charge in [0.15, 0.2) is 6.61 Å². The van der Waals surface area contributed by atoms with Gasteiger partial charge >= 0.3 is 11.7 Å². The Morgan fingerprint density at radius 1 is 1.13 bits per heavy atom. The highest BCUT2D eigenvalue weighted by atomic mass is 19.1. The molecule has 0 radical (unpaired) electrons. The second kappa shape index (κ2) is 8.23. The Morgan fingerprint density at radius 2 is 1.94 bits per heavy atom. The first-order chi connectivity index (χ1) is 14.9. The maximum Gasteiger partial charge on any atom is 0.310 e. The fourth-order valence-corrected chi connectivity index (χ4v) is 3.28. The number of carbonyl (C=O) groups is 2. The number of nitro groups is 1. The third-order valence-electron chi connectivity index (χ3n) is 4.67. The van der Waals surface area contributed by atoms with E-state index in [1.54, 1.807) is 0 Å². The molecule has 0 atom stereocenters. The number of benzene rings is 3.